The van der Waals surface area contributed by atoms with E-state index in [1.165, 1.54) is 18.7 Å². The van der Waals surface area contributed by atoms with Crippen molar-refractivity contribution in [3.8, 4) is 0 Å². The molecule has 0 spiro atoms. The van der Waals surface area contributed by atoms with Crippen LogP contribution < -0.4 is 16.0 Å². The molecule has 2 aromatic carbocycles. The molecular formula is C20H22ClN3O3S. The standard InChI is InChI=1S/C20H22ClN3O3S/c1-12(2)22-19(26)11-28-18-7-5-4-6-15(18)20(27)24-17-9-8-14(10-16(17)21)23-13(3)25/h4-10,12H,11H2,1-3H3,(H,22,26)(H,23,25)(H,24,27). The van der Waals surface area contributed by atoms with E-state index in [-0.39, 0.29) is 29.5 Å². The highest BCUT2D eigenvalue weighted by atomic mass is 35.5. The number of nitrogens with one attached hydrogen (secondary N) is 3. The Bertz CT molecular complexity index is 887. The SMILES string of the molecule is CC(=O)Nc1ccc(NC(=O)c2ccccc2SCC(=O)NC(C)C)c(Cl)c1. The van der Waals surface area contributed by atoms with Crippen molar-refractivity contribution in [2.24, 2.45) is 0 Å². The van der Waals surface area contributed by atoms with Crippen LogP contribution in [0.2, 0.25) is 5.02 Å². The Morgan fingerprint density at radius 3 is 2.43 bits per heavy atom. The first-order chi connectivity index (χ1) is 13.3. The lowest BCUT2D eigenvalue weighted by molar-refractivity contribution is -0.119. The molecule has 0 saturated carbocycles. The quantitative estimate of drug-likeness (QED) is 0.588. The van der Waals surface area contributed by atoms with Crippen molar-refractivity contribution in [1.82, 2.24) is 5.32 Å². The van der Waals surface area contributed by atoms with Crippen molar-refractivity contribution < 1.29 is 14.4 Å². The number of halogens is 1. The Balaban J connectivity index is 2.10. The molecule has 0 atom stereocenters. The molecule has 2 aromatic rings. The molecule has 8 heteroatoms. The van der Waals surface area contributed by atoms with Gasteiger partial charge in [0.2, 0.25) is 11.8 Å². The topological polar surface area (TPSA) is 87.3 Å². The molecular weight excluding hydrogens is 398 g/mol. The summed E-state index contributed by atoms with van der Waals surface area (Å²) in [7, 11) is 0. The summed E-state index contributed by atoms with van der Waals surface area (Å²) in [6.07, 6.45) is 0. The van der Waals surface area contributed by atoms with Gasteiger partial charge in [0.1, 0.15) is 0 Å². The van der Waals surface area contributed by atoms with Crippen LogP contribution in [0.1, 0.15) is 31.1 Å². The molecule has 6 nitrogen and oxygen atoms in total. The lowest BCUT2D eigenvalue weighted by Gasteiger charge is -2.12. The lowest BCUT2D eigenvalue weighted by atomic mass is 10.2. The normalized spacial score (nSPS) is 10.5. The summed E-state index contributed by atoms with van der Waals surface area (Å²) in [5.74, 6) is -0.414. The van der Waals surface area contributed by atoms with Crippen LogP contribution in [0.4, 0.5) is 11.4 Å². The van der Waals surface area contributed by atoms with Gasteiger partial charge in [0.25, 0.3) is 5.91 Å². The minimum atomic E-state index is -0.332. The van der Waals surface area contributed by atoms with E-state index in [1.807, 2.05) is 19.9 Å². The summed E-state index contributed by atoms with van der Waals surface area (Å²) in [6, 6.07) is 12.0. The fourth-order valence-corrected chi connectivity index (χ4v) is 3.46. The van der Waals surface area contributed by atoms with Gasteiger partial charge in [-0.05, 0) is 44.2 Å². The van der Waals surface area contributed by atoms with E-state index in [4.69, 9.17) is 11.6 Å². The van der Waals surface area contributed by atoms with Crippen molar-refractivity contribution in [2.75, 3.05) is 16.4 Å². The first kappa shape index (κ1) is 21.8. The second-order valence-electron chi connectivity index (χ2n) is 6.34. The fourth-order valence-electron chi connectivity index (χ4n) is 2.37. The summed E-state index contributed by atoms with van der Waals surface area (Å²) in [5, 5.41) is 8.53. The van der Waals surface area contributed by atoms with Crippen molar-refractivity contribution in [2.45, 2.75) is 31.7 Å². The van der Waals surface area contributed by atoms with Gasteiger partial charge in [-0.2, -0.15) is 0 Å². The molecule has 0 aromatic heterocycles. The molecule has 0 radical (unpaired) electrons. The number of rotatable bonds is 7. The zero-order valence-corrected chi connectivity index (χ0v) is 17.4. The largest absolute Gasteiger partial charge is 0.353 e. The van der Waals surface area contributed by atoms with Crippen LogP contribution in [0.25, 0.3) is 0 Å². The Labute approximate surface area is 173 Å². The second kappa shape index (κ2) is 10.1. The average molecular weight is 420 g/mol. The highest BCUT2D eigenvalue weighted by Crippen LogP contribution is 2.28. The highest BCUT2D eigenvalue weighted by molar-refractivity contribution is 8.00. The van der Waals surface area contributed by atoms with Crippen LogP contribution in [0.15, 0.2) is 47.4 Å². The summed E-state index contributed by atoms with van der Waals surface area (Å²) in [5.41, 5.74) is 1.42. The van der Waals surface area contributed by atoms with Crippen LogP contribution in [-0.4, -0.2) is 29.5 Å². The first-order valence-corrected chi connectivity index (χ1v) is 10.0. The molecule has 0 aliphatic rings. The molecule has 0 heterocycles. The van der Waals surface area contributed by atoms with E-state index in [0.717, 1.165) is 0 Å². The summed E-state index contributed by atoms with van der Waals surface area (Å²) in [4.78, 5) is 36.4. The number of benzene rings is 2. The number of amides is 3. The van der Waals surface area contributed by atoms with E-state index < -0.39 is 0 Å². The number of carbonyl (C=O) groups is 3. The number of hydrogen-bond donors (Lipinski definition) is 3. The van der Waals surface area contributed by atoms with Crippen molar-refractivity contribution in [1.29, 1.82) is 0 Å². The summed E-state index contributed by atoms with van der Waals surface area (Å²) in [6.45, 7) is 5.19. The molecule has 0 unspecified atom stereocenters. The van der Waals surface area contributed by atoms with E-state index >= 15 is 0 Å². The molecule has 148 valence electrons. The Morgan fingerprint density at radius 2 is 1.79 bits per heavy atom. The van der Waals surface area contributed by atoms with Crippen molar-refractivity contribution >= 4 is 52.5 Å². The van der Waals surface area contributed by atoms with Crippen molar-refractivity contribution in [3.63, 3.8) is 0 Å². The first-order valence-electron chi connectivity index (χ1n) is 8.66. The Hall–Kier alpha value is -2.51. The minimum absolute atomic E-state index is 0.0641. The Kier molecular flexibility index (Phi) is 7.90. The highest BCUT2D eigenvalue weighted by Gasteiger charge is 2.15. The third-order valence-corrected chi connectivity index (χ3v) is 4.86. The monoisotopic (exact) mass is 419 g/mol. The second-order valence-corrected chi connectivity index (χ2v) is 7.76. The minimum Gasteiger partial charge on any atom is -0.353 e. The van der Waals surface area contributed by atoms with E-state index in [0.29, 0.717) is 26.9 Å². The van der Waals surface area contributed by atoms with Gasteiger partial charge in [-0.3, -0.25) is 14.4 Å². The number of carbonyl (C=O) groups excluding carboxylic acids is 3. The van der Waals surface area contributed by atoms with Crippen LogP contribution in [0.3, 0.4) is 0 Å². The third-order valence-electron chi connectivity index (χ3n) is 3.48. The zero-order chi connectivity index (χ0) is 20.7. The molecule has 0 bridgehead atoms. The predicted molar refractivity (Wildman–Crippen MR) is 114 cm³/mol. The lowest BCUT2D eigenvalue weighted by Crippen LogP contribution is -2.31. The summed E-state index contributed by atoms with van der Waals surface area (Å²) < 4.78 is 0. The van der Waals surface area contributed by atoms with Crippen LogP contribution in [0.5, 0.6) is 0 Å². The molecule has 0 aliphatic carbocycles. The molecule has 0 aliphatic heterocycles. The van der Waals surface area contributed by atoms with Gasteiger partial charge in [0.05, 0.1) is 22.0 Å². The van der Waals surface area contributed by atoms with Gasteiger partial charge in [-0.15, -0.1) is 11.8 Å². The van der Waals surface area contributed by atoms with E-state index in [2.05, 4.69) is 16.0 Å². The molecule has 3 amide bonds. The maximum Gasteiger partial charge on any atom is 0.256 e. The number of anilines is 2. The third kappa shape index (κ3) is 6.58. The van der Waals surface area contributed by atoms with Gasteiger partial charge >= 0.3 is 0 Å². The van der Waals surface area contributed by atoms with Crippen LogP contribution >= 0.6 is 23.4 Å². The number of hydrogen-bond acceptors (Lipinski definition) is 4. The smallest absolute Gasteiger partial charge is 0.256 e. The fraction of sp³-hybridized carbons (Fsp3) is 0.250. The molecule has 3 N–H and O–H groups in total. The van der Waals surface area contributed by atoms with Crippen LogP contribution in [-0.2, 0) is 9.59 Å². The number of thioether (sulfide) groups is 1. The predicted octanol–water partition coefficient (Wildman–Crippen LogP) is 4.17. The van der Waals surface area contributed by atoms with Gasteiger partial charge in [0.15, 0.2) is 0 Å². The van der Waals surface area contributed by atoms with Gasteiger partial charge in [-0.25, -0.2) is 0 Å². The van der Waals surface area contributed by atoms with Crippen molar-refractivity contribution in [3.05, 3.63) is 53.1 Å². The summed E-state index contributed by atoms with van der Waals surface area (Å²) >= 11 is 7.51. The Morgan fingerprint density at radius 1 is 1.07 bits per heavy atom. The van der Waals surface area contributed by atoms with Gasteiger partial charge in [-0.1, -0.05) is 23.7 Å². The molecule has 0 fully saturated rings. The molecule has 28 heavy (non-hydrogen) atoms. The molecule has 2 rings (SSSR count). The zero-order valence-electron chi connectivity index (χ0n) is 15.8. The van der Waals surface area contributed by atoms with E-state index in [9.17, 15) is 14.4 Å². The van der Waals surface area contributed by atoms with Gasteiger partial charge < -0.3 is 16.0 Å². The van der Waals surface area contributed by atoms with E-state index in [1.54, 1.807) is 36.4 Å². The average Bonchev–Trinajstić information content (AvgIpc) is 2.61. The maximum atomic E-state index is 12.7. The maximum absolute atomic E-state index is 12.7. The van der Waals surface area contributed by atoms with Gasteiger partial charge in [0, 0.05) is 23.5 Å². The molecule has 0 saturated heterocycles. The van der Waals surface area contributed by atoms with Crippen LogP contribution in [0, 0.1) is 0 Å².